The molecule has 0 spiro atoms. The maximum Gasteiger partial charge on any atom is 0.311 e. The molecular formula is C13H24O4. The van der Waals surface area contributed by atoms with Gasteiger partial charge in [0.05, 0.1) is 5.41 Å². The summed E-state index contributed by atoms with van der Waals surface area (Å²) in [4.78, 5) is 22.8. The zero-order chi connectivity index (χ0) is 13.6. The van der Waals surface area contributed by atoms with Crippen LogP contribution in [0.1, 0.15) is 48.0 Å². The van der Waals surface area contributed by atoms with Crippen LogP contribution in [0, 0.1) is 11.3 Å². The smallest absolute Gasteiger partial charge is 0.311 e. The Morgan fingerprint density at radius 2 is 1.65 bits per heavy atom. The fraction of sp³-hybridized carbons (Fsp3) is 0.846. The summed E-state index contributed by atoms with van der Waals surface area (Å²) >= 11 is 0. The highest BCUT2D eigenvalue weighted by Crippen LogP contribution is 2.16. The van der Waals surface area contributed by atoms with Crippen molar-refractivity contribution in [1.29, 1.82) is 0 Å². The van der Waals surface area contributed by atoms with Crippen molar-refractivity contribution < 1.29 is 19.1 Å². The van der Waals surface area contributed by atoms with Gasteiger partial charge < -0.3 is 9.47 Å². The van der Waals surface area contributed by atoms with Crippen molar-refractivity contribution in [1.82, 2.24) is 0 Å². The van der Waals surface area contributed by atoms with Crippen LogP contribution in [-0.4, -0.2) is 24.6 Å². The van der Waals surface area contributed by atoms with Gasteiger partial charge in [0.15, 0.2) is 0 Å². The Labute approximate surface area is 104 Å². The molecule has 1 atom stereocenters. The van der Waals surface area contributed by atoms with Crippen molar-refractivity contribution in [2.24, 2.45) is 11.3 Å². The number of hydrogen-bond acceptors (Lipinski definition) is 4. The Morgan fingerprint density at radius 1 is 1.12 bits per heavy atom. The number of rotatable bonds is 5. The van der Waals surface area contributed by atoms with Gasteiger partial charge in [-0.1, -0.05) is 13.8 Å². The number of carbonyl (C=O) groups excluding carboxylic acids is 2. The van der Waals surface area contributed by atoms with Gasteiger partial charge in [-0.2, -0.15) is 0 Å². The van der Waals surface area contributed by atoms with E-state index < -0.39 is 11.5 Å². The first-order chi connectivity index (χ1) is 7.62. The van der Waals surface area contributed by atoms with Gasteiger partial charge in [0.25, 0.3) is 0 Å². The van der Waals surface area contributed by atoms with Crippen LogP contribution in [-0.2, 0) is 19.1 Å². The molecule has 0 aliphatic rings. The number of ether oxygens (including phenoxy) is 2. The zero-order valence-electron chi connectivity index (χ0n) is 11.7. The molecule has 0 bridgehead atoms. The first kappa shape index (κ1) is 15.9. The van der Waals surface area contributed by atoms with Crippen LogP contribution in [0.25, 0.3) is 0 Å². The lowest BCUT2D eigenvalue weighted by atomic mass is 9.97. The van der Waals surface area contributed by atoms with E-state index in [1.165, 1.54) is 0 Å². The Morgan fingerprint density at radius 3 is 2.06 bits per heavy atom. The predicted molar refractivity (Wildman–Crippen MR) is 65.4 cm³/mol. The van der Waals surface area contributed by atoms with E-state index in [4.69, 9.17) is 9.47 Å². The minimum Gasteiger partial charge on any atom is -0.462 e. The molecule has 0 fully saturated rings. The molecule has 0 aliphatic carbocycles. The molecule has 0 rings (SSSR count). The standard InChI is InChI=1S/C13H24O4/c1-9(2)7-11(14)16-8-10(3)17-12(15)13(4,5)6/h9-10H,7-8H2,1-6H3. The molecule has 4 heteroatoms. The maximum absolute atomic E-state index is 11.5. The van der Waals surface area contributed by atoms with Crippen LogP contribution in [0.15, 0.2) is 0 Å². The first-order valence-electron chi connectivity index (χ1n) is 5.99. The van der Waals surface area contributed by atoms with Crippen molar-refractivity contribution >= 4 is 11.9 Å². The Kier molecular flexibility index (Phi) is 6.21. The van der Waals surface area contributed by atoms with E-state index in [-0.39, 0.29) is 24.5 Å². The van der Waals surface area contributed by atoms with Crippen LogP contribution < -0.4 is 0 Å². The van der Waals surface area contributed by atoms with Gasteiger partial charge in [-0.05, 0) is 33.6 Å². The van der Waals surface area contributed by atoms with Crippen molar-refractivity contribution in [2.75, 3.05) is 6.61 Å². The van der Waals surface area contributed by atoms with Gasteiger partial charge in [-0.15, -0.1) is 0 Å². The van der Waals surface area contributed by atoms with Crippen molar-refractivity contribution in [2.45, 2.75) is 54.1 Å². The van der Waals surface area contributed by atoms with Gasteiger partial charge in [-0.25, -0.2) is 0 Å². The van der Waals surface area contributed by atoms with E-state index in [2.05, 4.69) is 0 Å². The molecule has 0 saturated heterocycles. The average Bonchev–Trinajstić information content (AvgIpc) is 2.12. The summed E-state index contributed by atoms with van der Waals surface area (Å²) < 4.78 is 10.2. The molecule has 4 nitrogen and oxygen atoms in total. The Bertz CT molecular complexity index is 263. The van der Waals surface area contributed by atoms with Gasteiger partial charge in [-0.3, -0.25) is 9.59 Å². The molecule has 100 valence electrons. The third-order valence-electron chi connectivity index (χ3n) is 1.97. The summed E-state index contributed by atoms with van der Waals surface area (Å²) in [5.41, 5.74) is -0.532. The van der Waals surface area contributed by atoms with Gasteiger partial charge >= 0.3 is 11.9 Å². The number of carbonyl (C=O) groups is 2. The second-order valence-corrected chi connectivity index (χ2v) is 5.75. The van der Waals surface area contributed by atoms with Crippen LogP contribution in [0.3, 0.4) is 0 Å². The average molecular weight is 244 g/mol. The SMILES string of the molecule is CC(C)CC(=O)OCC(C)OC(=O)C(C)(C)C. The van der Waals surface area contributed by atoms with Gasteiger partial charge in [0.2, 0.25) is 0 Å². The largest absolute Gasteiger partial charge is 0.462 e. The Balaban J connectivity index is 3.92. The molecule has 17 heavy (non-hydrogen) atoms. The van der Waals surface area contributed by atoms with E-state index in [1.54, 1.807) is 27.7 Å². The summed E-state index contributed by atoms with van der Waals surface area (Å²) in [5, 5.41) is 0. The zero-order valence-corrected chi connectivity index (χ0v) is 11.7. The highest BCUT2D eigenvalue weighted by molar-refractivity contribution is 5.75. The predicted octanol–water partition coefficient (Wildman–Crippen LogP) is 2.55. The molecule has 0 amide bonds. The first-order valence-corrected chi connectivity index (χ1v) is 5.99. The molecule has 0 heterocycles. The third-order valence-corrected chi connectivity index (χ3v) is 1.97. The quantitative estimate of drug-likeness (QED) is 0.697. The van der Waals surface area contributed by atoms with Crippen LogP contribution in [0.5, 0.6) is 0 Å². The molecule has 0 aliphatic heterocycles. The molecule has 0 aromatic heterocycles. The lowest BCUT2D eigenvalue weighted by molar-refractivity contribution is -0.164. The molecule has 0 aromatic carbocycles. The summed E-state index contributed by atoms with van der Waals surface area (Å²) in [6, 6.07) is 0. The summed E-state index contributed by atoms with van der Waals surface area (Å²) in [5.74, 6) is -0.265. The molecule has 0 aromatic rings. The molecule has 0 N–H and O–H groups in total. The highest BCUT2D eigenvalue weighted by Gasteiger charge is 2.25. The normalized spacial score (nSPS) is 13.4. The van der Waals surface area contributed by atoms with Crippen molar-refractivity contribution in [3.63, 3.8) is 0 Å². The summed E-state index contributed by atoms with van der Waals surface area (Å²) in [6.07, 6.45) is -0.0160. The number of hydrogen-bond donors (Lipinski definition) is 0. The van der Waals surface area contributed by atoms with Gasteiger partial charge in [0, 0.05) is 6.42 Å². The maximum atomic E-state index is 11.5. The van der Waals surface area contributed by atoms with E-state index in [1.807, 2.05) is 13.8 Å². The summed E-state index contributed by atoms with van der Waals surface area (Å²) in [7, 11) is 0. The minimum absolute atomic E-state index is 0.118. The fourth-order valence-electron chi connectivity index (χ4n) is 0.996. The monoisotopic (exact) mass is 244 g/mol. The van der Waals surface area contributed by atoms with Gasteiger partial charge in [0.1, 0.15) is 12.7 Å². The Hall–Kier alpha value is -1.06. The highest BCUT2D eigenvalue weighted by atomic mass is 16.6. The van der Waals surface area contributed by atoms with E-state index in [9.17, 15) is 9.59 Å². The lowest BCUT2D eigenvalue weighted by Gasteiger charge is -2.20. The second kappa shape index (κ2) is 6.62. The van der Waals surface area contributed by atoms with Crippen molar-refractivity contribution in [3.8, 4) is 0 Å². The third kappa shape index (κ3) is 7.77. The van der Waals surface area contributed by atoms with E-state index in [0.29, 0.717) is 6.42 Å². The summed E-state index contributed by atoms with van der Waals surface area (Å²) in [6.45, 7) is 11.1. The van der Waals surface area contributed by atoms with Crippen molar-refractivity contribution in [3.05, 3.63) is 0 Å². The van der Waals surface area contributed by atoms with Crippen LogP contribution in [0.4, 0.5) is 0 Å². The van der Waals surface area contributed by atoms with E-state index >= 15 is 0 Å². The molecule has 1 unspecified atom stereocenters. The second-order valence-electron chi connectivity index (χ2n) is 5.75. The van der Waals surface area contributed by atoms with E-state index in [0.717, 1.165) is 0 Å². The van der Waals surface area contributed by atoms with Crippen LogP contribution >= 0.6 is 0 Å². The molecular weight excluding hydrogens is 220 g/mol. The topological polar surface area (TPSA) is 52.6 Å². The lowest BCUT2D eigenvalue weighted by Crippen LogP contribution is -2.29. The fourth-order valence-corrected chi connectivity index (χ4v) is 0.996. The molecule has 0 radical (unpaired) electrons. The number of esters is 2. The molecule has 0 saturated carbocycles. The minimum atomic E-state index is -0.532. The van der Waals surface area contributed by atoms with Crippen LogP contribution in [0.2, 0.25) is 0 Å².